The zero-order valence-electron chi connectivity index (χ0n) is 35.2. The highest BCUT2D eigenvalue weighted by molar-refractivity contribution is 5.78. The van der Waals surface area contributed by atoms with Crippen LogP contribution in [0.4, 0.5) is 0 Å². The molecule has 5 aliphatic carbocycles. The van der Waals surface area contributed by atoms with Crippen LogP contribution < -0.4 is 0 Å². The molecule has 0 radical (unpaired) electrons. The number of hydrogen-bond acceptors (Lipinski definition) is 1. The second kappa shape index (κ2) is 16.8. The summed E-state index contributed by atoms with van der Waals surface area (Å²) in [6.45, 7) is 25.4. The molecule has 0 spiro atoms. The van der Waals surface area contributed by atoms with Crippen molar-refractivity contribution in [2.24, 2.45) is 62.6 Å². The lowest BCUT2D eigenvalue weighted by Gasteiger charge is -2.73. The quantitative estimate of drug-likeness (QED) is 0.0974. The van der Waals surface area contributed by atoms with E-state index in [1.807, 2.05) is 0 Å². The molecule has 5 aliphatic rings. The van der Waals surface area contributed by atoms with E-state index >= 15 is 0 Å². The molecule has 0 aromatic rings. The molecule has 1 heteroatoms. The Morgan fingerprint density at radius 2 is 1.18 bits per heavy atom. The Kier molecular flexibility index (Phi) is 13.7. The lowest BCUT2D eigenvalue weighted by atomic mass is 9.32. The molecule has 5 saturated carbocycles. The van der Waals surface area contributed by atoms with E-state index in [1.54, 1.807) is 0 Å². The van der Waals surface area contributed by atoms with Gasteiger partial charge < -0.3 is 0 Å². The molecule has 0 heterocycles. The Bertz CT molecular complexity index is 1120. The van der Waals surface area contributed by atoms with Crippen LogP contribution >= 0.6 is 0 Å². The van der Waals surface area contributed by atoms with Crippen LogP contribution in [0.5, 0.6) is 0 Å². The first-order valence-electron chi connectivity index (χ1n) is 22.9. The second-order valence-corrected chi connectivity index (χ2v) is 21.3. The van der Waals surface area contributed by atoms with Gasteiger partial charge in [-0.1, -0.05) is 151 Å². The van der Waals surface area contributed by atoms with Gasteiger partial charge in [0, 0.05) is 12.8 Å². The Balaban J connectivity index is 1.06. The Morgan fingerprint density at radius 3 is 1.76 bits per heavy atom. The van der Waals surface area contributed by atoms with Crippen LogP contribution in [0, 0.1) is 62.6 Å². The number of Topliss-reactive ketones (excluding diaryl/α,β-unsaturated/α-hetero) is 1. The Hall–Kier alpha value is -0.590. The van der Waals surface area contributed by atoms with Crippen molar-refractivity contribution in [3.05, 3.63) is 12.2 Å². The van der Waals surface area contributed by atoms with Gasteiger partial charge in [-0.15, -0.1) is 0 Å². The zero-order valence-corrected chi connectivity index (χ0v) is 35.2. The molecular formula is C49H86O. The molecule has 0 aromatic heterocycles. The van der Waals surface area contributed by atoms with E-state index in [-0.39, 0.29) is 5.41 Å². The number of rotatable bonds is 19. The van der Waals surface area contributed by atoms with Crippen molar-refractivity contribution in [1.82, 2.24) is 0 Å². The Morgan fingerprint density at radius 1 is 0.600 bits per heavy atom. The minimum absolute atomic E-state index is 0.262. The third-order valence-electron chi connectivity index (χ3n) is 18.3. The number of carbonyl (C=O) groups excluding carboxylic acids is 1. The maximum absolute atomic E-state index is 13.4. The first-order valence-corrected chi connectivity index (χ1v) is 22.9. The third-order valence-corrected chi connectivity index (χ3v) is 18.3. The van der Waals surface area contributed by atoms with E-state index in [0.29, 0.717) is 33.4 Å². The van der Waals surface area contributed by atoms with Crippen LogP contribution in [-0.2, 0) is 4.79 Å². The van der Waals surface area contributed by atoms with E-state index in [0.717, 1.165) is 48.9 Å². The number of carbonyl (C=O) groups is 1. The van der Waals surface area contributed by atoms with Gasteiger partial charge in [0.05, 0.1) is 0 Å². The molecule has 0 unspecified atom stereocenters. The lowest BCUT2D eigenvalue weighted by Crippen LogP contribution is -2.66. The fourth-order valence-corrected chi connectivity index (χ4v) is 15.0. The third kappa shape index (κ3) is 7.94. The summed E-state index contributed by atoms with van der Waals surface area (Å²) in [6, 6.07) is 0. The summed E-state index contributed by atoms with van der Waals surface area (Å²) in [5.41, 5.74) is 3.59. The molecule has 0 aromatic carbocycles. The van der Waals surface area contributed by atoms with Gasteiger partial charge in [-0.25, -0.2) is 0 Å². The summed E-state index contributed by atoms with van der Waals surface area (Å²) in [5.74, 6) is 5.21. The van der Waals surface area contributed by atoms with Gasteiger partial charge in [0.25, 0.3) is 0 Å². The summed E-state index contributed by atoms with van der Waals surface area (Å²) >= 11 is 0. The molecule has 5 fully saturated rings. The molecule has 0 bridgehead atoms. The summed E-state index contributed by atoms with van der Waals surface area (Å²) in [6.07, 6.45) is 36.5. The monoisotopic (exact) mass is 691 g/mol. The van der Waals surface area contributed by atoms with Crippen LogP contribution in [-0.4, -0.2) is 5.78 Å². The number of ketones is 1. The van der Waals surface area contributed by atoms with Gasteiger partial charge in [0.1, 0.15) is 5.78 Å². The summed E-state index contributed by atoms with van der Waals surface area (Å²) in [4.78, 5) is 13.4. The minimum atomic E-state index is 0.262. The van der Waals surface area contributed by atoms with E-state index < -0.39 is 0 Å². The van der Waals surface area contributed by atoms with Crippen molar-refractivity contribution < 1.29 is 4.79 Å². The highest BCUT2D eigenvalue weighted by Crippen LogP contribution is 2.77. The van der Waals surface area contributed by atoms with Gasteiger partial charge in [-0.2, -0.15) is 0 Å². The molecule has 1 nitrogen and oxygen atoms in total. The smallest absolute Gasteiger partial charge is 0.133 e. The van der Waals surface area contributed by atoms with Crippen molar-refractivity contribution >= 4 is 5.78 Å². The topological polar surface area (TPSA) is 17.1 Å². The van der Waals surface area contributed by atoms with Crippen molar-refractivity contribution in [2.45, 2.75) is 229 Å². The van der Waals surface area contributed by atoms with E-state index in [9.17, 15) is 4.79 Å². The summed E-state index contributed by atoms with van der Waals surface area (Å²) in [5, 5.41) is 0. The average Bonchev–Trinajstić information content (AvgIpc) is 3.42. The fraction of sp³-hybridized carbons (Fsp3) is 0.939. The van der Waals surface area contributed by atoms with E-state index in [1.165, 1.54) is 160 Å². The molecule has 0 amide bonds. The molecular weight excluding hydrogens is 605 g/mol. The lowest BCUT2D eigenvalue weighted by molar-refractivity contribution is -0.241. The second-order valence-electron chi connectivity index (χ2n) is 21.3. The molecule has 50 heavy (non-hydrogen) atoms. The van der Waals surface area contributed by atoms with Crippen molar-refractivity contribution in [2.75, 3.05) is 0 Å². The molecule has 5 rings (SSSR count). The van der Waals surface area contributed by atoms with Crippen molar-refractivity contribution in [3.8, 4) is 0 Å². The van der Waals surface area contributed by atoms with E-state index in [4.69, 9.17) is 0 Å². The molecule has 288 valence electrons. The number of unbranched alkanes of at least 4 members (excludes halogenated alkanes) is 14. The van der Waals surface area contributed by atoms with Gasteiger partial charge in [-0.3, -0.25) is 4.79 Å². The number of allylic oxidation sites excluding steroid dienone is 1. The first-order chi connectivity index (χ1) is 23.7. The minimum Gasteiger partial charge on any atom is -0.300 e. The molecule has 0 N–H and O–H groups in total. The molecule has 0 aliphatic heterocycles. The zero-order chi connectivity index (χ0) is 36.2. The largest absolute Gasteiger partial charge is 0.300 e. The van der Waals surface area contributed by atoms with Crippen molar-refractivity contribution in [1.29, 1.82) is 0 Å². The van der Waals surface area contributed by atoms with Crippen LogP contribution in [0.3, 0.4) is 0 Å². The van der Waals surface area contributed by atoms with Crippen LogP contribution in [0.2, 0.25) is 0 Å². The fourth-order valence-electron chi connectivity index (χ4n) is 15.0. The molecule has 0 saturated heterocycles. The van der Waals surface area contributed by atoms with Gasteiger partial charge in [0.2, 0.25) is 0 Å². The number of fused-ring (bicyclic) bond motifs is 7. The first kappa shape index (κ1) is 40.6. The van der Waals surface area contributed by atoms with Crippen LogP contribution in [0.1, 0.15) is 229 Å². The van der Waals surface area contributed by atoms with Gasteiger partial charge in [0.15, 0.2) is 0 Å². The number of hydrogen-bond donors (Lipinski definition) is 0. The highest BCUT2D eigenvalue weighted by atomic mass is 16.1. The maximum atomic E-state index is 13.4. The maximum Gasteiger partial charge on any atom is 0.133 e. The van der Waals surface area contributed by atoms with Gasteiger partial charge >= 0.3 is 0 Å². The highest BCUT2D eigenvalue weighted by Gasteiger charge is 2.70. The standard InChI is InChI=1S/C49H86O/c1-10-11-12-13-14-15-16-17-18-19-20-21-22-23-24-25-39(50)36-38-28-32-47(7)42(45(38,4)5)30-33-49(9)43(47)27-26-41-44-40(37(2)3)29-31-46(44,6)34-35-48(41,49)8/h38,40-44H,2,10-36H2,1,3-9H3/t38-,40+,41-,42+,43-,44-,46-,47+,48-,49-/m1/s1. The average molecular weight is 691 g/mol. The SMILES string of the molecule is C=C(C)[C@@H]1CC[C@]2(C)CC[C@]3(C)[C@H](CC[C@@H]4[C@@]5(C)CC[C@H](CC(=O)CCCCCCCCCCCCCCCCC)C(C)(C)[C@@H]5CC[C@]43C)[C@@H]12. The van der Waals surface area contributed by atoms with Crippen LogP contribution in [0.15, 0.2) is 12.2 Å². The van der Waals surface area contributed by atoms with E-state index in [2.05, 4.69) is 62.0 Å². The normalized spacial score (nSPS) is 40.4. The molecule has 10 atom stereocenters. The predicted molar refractivity (Wildman–Crippen MR) is 217 cm³/mol. The summed E-state index contributed by atoms with van der Waals surface area (Å²) < 4.78 is 0. The summed E-state index contributed by atoms with van der Waals surface area (Å²) in [7, 11) is 0. The predicted octanol–water partition coefficient (Wildman–Crippen LogP) is 15.5. The van der Waals surface area contributed by atoms with Crippen LogP contribution in [0.25, 0.3) is 0 Å². The Labute approximate surface area is 313 Å². The van der Waals surface area contributed by atoms with Crippen molar-refractivity contribution in [3.63, 3.8) is 0 Å². The van der Waals surface area contributed by atoms with Gasteiger partial charge in [-0.05, 0) is 140 Å².